The van der Waals surface area contributed by atoms with Gasteiger partial charge in [0.25, 0.3) is 5.56 Å². The van der Waals surface area contributed by atoms with E-state index >= 15 is 0 Å². The normalized spacial score (nSPS) is 19.7. The van der Waals surface area contributed by atoms with Crippen molar-refractivity contribution in [2.45, 2.75) is 18.0 Å². The first-order chi connectivity index (χ1) is 10.8. The van der Waals surface area contributed by atoms with Crippen LogP contribution in [0.1, 0.15) is 17.5 Å². The van der Waals surface area contributed by atoms with Crippen molar-refractivity contribution in [3.8, 4) is 0 Å². The number of nitrogens with one attached hydrogen (secondary N) is 2. The molecule has 2 aromatic rings. The standard InChI is InChI=1S/C15H11ClF4N2O/c16-5-4-14(15(18,19)20)9-3-6-21-13(23)12(9)22-11-2-1-8(17)7-10(11)14/h1-3,6-7,22H,4-5H2,(H,21,23). The van der Waals surface area contributed by atoms with Crippen LogP contribution in [0.3, 0.4) is 0 Å². The van der Waals surface area contributed by atoms with Gasteiger partial charge in [0.2, 0.25) is 0 Å². The minimum Gasteiger partial charge on any atom is -0.351 e. The maximum absolute atomic E-state index is 14.1. The summed E-state index contributed by atoms with van der Waals surface area (Å²) in [6, 6.07) is 4.24. The zero-order valence-electron chi connectivity index (χ0n) is 11.6. The van der Waals surface area contributed by atoms with E-state index in [1.807, 2.05) is 0 Å². The second-order valence-corrected chi connectivity index (χ2v) is 5.63. The van der Waals surface area contributed by atoms with E-state index < -0.39 is 29.4 Å². The Hall–Kier alpha value is -2.02. The molecule has 1 unspecified atom stereocenters. The van der Waals surface area contributed by atoms with Gasteiger partial charge in [-0.1, -0.05) is 0 Å². The molecule has 1 aromatic heterocycles. The van der Waals surface area contributed by atoms with E-state index in [-0.39, 0.29) is 28.4 Å². The molecular formula is C15H11ClF4N2O. The van der Waals surface area contributed by atoms with Crippen molar-refractivity contribution in [2.75, 3.05) is 11.2 Å². The highest BCUT2D eigenvalue weighted by molar-refractivity contribution is 6.18. The summed E-state index contributed by atoms with van der Waals surface area (Å²) in [5.41, 5.74) is -3.91. The first kappa shape index (κ1) is 15.9. The highest BCUT2D eigenvalue weighted by Crippen LogP contribution is 2.55. The fraction of sp³-hybridized carbons (Fsp3) is 0.267. The van der Waals surface area contributed by atoms with Crippen molar-refractivity contribution < 1.29 is 17.6 Å². The highest BCUT2D eigenvalue weighted by atomic mass is 35.5. The monoisotopic (exact) mass is 346 g/mol. The van der Waals surface area contributed by atoms with Crippen molar-refractivity contribution >= 4 is 23.0 Å². The van der Waals surface area contributed by atoms with E-state index in [0.717, 1.165) is 18.3 Å². The van der Waals surface area contributed by atoms with Crippen LogP contribution in [-0.4, -0.2) is 17.0 Å². The molecule has 0 amide bonds. The molecule has 122 valence electrons. The molecule has 2 N–H and O–H groups in total. The topological polar surface area (TPSA) is 44.9 Å². The molecule has 3 rings (SSSR count). The van der Waals surface area contributed by atoms with Gasteiger partial charge in [-0.05, 0) is 36.2 Å². The minimum atomic E-state index is -4.75. The maximum Gasteiger partial charge on any atom is 0.402 e. The number of aromatic amines is 1. The summed E-state index contributed by atoms with van der Waals surface area (Å²) < 4.78 is 55.9. The molecule has 0 radical (unpaired) electrons. The van der Waals surface area contributed by atoms with Gasteiger partial charge >= 0.3 is 6.18 Å². The number of pyridine rings is 1. The first-order valence-corrected chi connectivity index (χ1v) is 7.26. The lowest BCUT2D eigenvalue weighted by Crippen LogP contribution is -2.47. The summed E-state index contributed by atoms with van der Waals surface area (Å²) >= 11 is 5.64. The molecule has 2 heterocycles. The Labute approximate surface area is 133 Å². The van der Waals surface area contributed by atoms with Gasteiger partial charge in [-0.25, -0.2) is 4.39 Å². The molecule has 1 aliphatic heterocycles. The number of hydrogen-bond donors (Lipinski definition) is 2. The molecule has 0 fully saturated rings. The summed E-state index contributed by atoms with van der Waals surface area (Å²) in [5.74, 6) is -1.09. The molecule has 1 aliphatic rings. The Kier molecular flexibility index (Phi) is 3.63. The number of alkyl halides is 4. The number of benzene rings is 1. The lowest BCUT2D eigenvalue weighted by Gasteiger charge is -2.41. The third-order valence-corrected chi connectivity index (χ3v) is 4.26. The first-order valence-electron chi connectivity index (χ1n) is 6.73. The molecule has 0 bridgehead atoms. The quantitative estimate of drug-likeness (QED) is 0.636. The van der Waals surface area contributed by atoms with Crippen molar-refractivity contribution in [3.05, 3.63) is 57.8 Å². The number of fused-ring (bicyclic) bond motifs is 2. The van der Waals surface area contributed by atoms with E-state index in [1.165, 1.54) is 12.1 Å². The Bertz CT molecular complexity index is 818. The van der Waals surface area contributed by atoms with E-state index in [4.69, 9.17) is 11.6 Å². The molecule has 0 spiro atoms. The molecule has 1 aromatic carbocycles. The summed E-state index contributed by atoms with van der Waals surface area (Å²) in [5, 5.41) is 2.67. The van der Waals surface area contributed by atoms with Crippen molar-refractivity contribution in [3.63, 3.8) is 0 Å². The van der Waals surface area contributed by atoms with Crippen LogP contribution in [-0.2, 0) is 5.41 Å². The lowest BCUT2D eigenvalue weighted by atomic mass is 9.69. The largest absolute Gasteiger partial charge is 0.402 e. The fourth-order valence-corrected chi connectivity index (χ4v) is 3.36. The molecule has 3 nitrogen and oxygen atoms in total. The fourth-order valence-electron chi connectivity index (χ4n) is 3.07. The minimum absolute atomic E-state index is 0.0399. The molecule has 0 saturated carbocycles. The van der Waals surface area contributed by atoms with Gasteiger partial charge in [0.1, 0.15) is 16.9 Å². The van der Waals surface area contributed by atoms with Crippen LogP contribution < -0.4 is 10.9 Å². The molecular weight excluding hydrogens is 336 g/mol. The van der Waals surface area contributed by atoms with Crippen LogP contribution in [0.25, 0.3) is 0 Å². The van der Waals surface area contributed by atoms with Crippen LogP contribution in [0, 0.1) is 5.82 Å². The lowest BCUT2D eigenvalue weighted by molar-refractivity contribution is -0.178. The summed E-state index contributed by atoms with van der Waals surface area (Å²) in [6.07, 6.45) is -4.12. The van der Waals surface area contributed by atoms with E-state index in [2.05, 4.69) is 10.3 Å². The van der Waals surface area contributed by atoms with Crippen molar-refractivity contribution in [1.29, 1.82) is 0 Å². The molecule has 0 saturated heterocycles. The van der Waals surface area contributed by atoms with Gasteiger partial charge in [0.05, 0.1) is 0 Å². The van der Waals surface area contributed by atoms with Crippen LogP contribution in [0.4, 0.5) is 28.9 Å². The number of anilines is 2. The van der Waals surface area contributed by atoms with Crippen molar-refractivity contribution in [2.24, 2.45) is 0 Å². The third kappa shape index (κ3) is 2.22. The van der Waals surface area contributed by atoms with Gasteiger partial charge < -0.3 is 10.3 Å². The molecule has 8 heteroatoms. The number of H-pyrrole nitrogens is 1. The van der Waals surface area contributed by atoms with Crippen LogP contribution in [0.2, 0.25) is 0 Å². The zero-order chi connectivity index (χ0) is 16.8. The SMILES string of the molecule is O=c1[nH]ccc2c1Nc1ccc(F)cc1C2(CCCl)C(F)(F)F. The van der Waals surface area contributed by atoms with Crippen molar-refractivity contribution in [1.82, 2.24) is 4.98 Å². The Morgan fingerprint density at radius 1 is 1.17 bits per heavy atom. The average Bonchev–Trinajstić information content (AvgIpc) is 2.47. The number of hydrogen-bond acceptors (Lipinski definition) is 2. The number of rotatable bonds is 2. The van der Waals surface area contributed by atoms with Crippen LogP contribution in [0.5, 0.6) is 0 Å². The second-order valence-electron chi connectivity index (χ2n) is 5.25. The maximum atomic E-state index is 14.1. The molecule has 23 heavy (non-hydrogen) atoms. The van der Waals surface area contributed by atoms with Crippen LogP contribution in [0.15, 0.2) is 35.3 Å². The van der Waals surface area contributed by atoms with Gasteiger partial charge in [-0.15, -0.1) is 11.6 Å². The number of aromatic nitrogens is 1. The highest BCUT2D eigenvalue weighted by Gasteiger charge is 2.60. The van der Waals surface area contributed by atoms with Gasteiger partial charge in [0, 0.05) is 23.3 Å². The van der Waals surface area contributed by atoms with E-state index in [9.17, 15) is 22.4 Å². The second kappa shape index (κ2) is 5.26. The molecule has 0 aliphatic carbocycles. The predicted octanol–water partition coefficient (Wildman–Crippen LogP) is 4.05. The average molecular weight is 347 g/mol. The number of halogens is 5. The summed E-state index contributed by atoms with van der Waals surface area (Å²) in [4.78, 5) is 14.3. The zero-order valence-corrected chi connectivity index (χ0v) is 12.4. The summed E-state index contributed by atoms with van der Waals surface area (Å²) in [6.45, 7) is 0. The Morgan fingerprint density at radius 3 is 2.57 bits per heavy atom. The summed E-state index contributed by atoms with van der Waals surface area (Å²) in [7, 11) is 0. The van der Waals surface area contributed by atoms with Gasteiger partial charge in [-0.3, -0.25) is 4.79 Å². The third-order valence-electron chi connectivity index (χ3n) is 4.08. The smallest absolute Gasteiger partial charge is 0.351 e. The van der Waals surface area contributed by atoms with E-state index in [1.54, 1.807) is 0 Å². The van der Waals surface area contributed by atoms with E-state index in [0.29, 0.717) is 0 Å². The van der Waals surface area contributed by atoms with Crippen LogP contribution >= 0.6 is 11.6 Å². The molecule has 1 atom stereocenters. The van der Waals surface area contributed by atoms with Gasteiger partial charge in [0.15, 0.2) is 0 Å². The Balaban J connectivity index is 2.44. The predicted molar refractivity (Wildman–Crippen MR) is 78.9 cm³/mol. The van der Waals surface area contributed by atoms with Gasteiger partial charge in [-0.2, -0.15) is 13.2 Å². The Morgan fingerprint density at radius 2 is 1.91 bits per heavy atom.